The van der Waals surface area contributed by atoms with Crippen molar-refractivity contribution in [2.24, 2.45) is 5.73 Å². The Balaban J connectivity index is 1.44. The zero-order valence-electron chi connectivity index (χ0n) is 17.5. The number of amides is 1. The fraction of sp³-hybridized carbons (Fsp3) is 0.174. The van der Waals surface area contributed by atoms with Crippen LogP contribution >= 0.6 is 0 Å². The summed E-state index contributed by atoms with van der Waals surface area (Å²) in [5.74, 6) is 0.925. The van der Waals surface area contributed by atoms with Crippen LogP contribution in [0, 0.1) is 18.3 Å². The first-order chi connectivity index (χ1) is 15.5. The fourth-order valence-corrected chi connectivity index (χ4v) is 3.51. The van der Waals surface area contributed by atoms with E-state index in [0.717, 1.165) is 16.8 Å². The Labute approximate surface area is 184 Å². The van der Waals surface area contributed by atoms with Crippen molar-refractivity contribution < 1.29 is 19.0 Å². The Kier molecular flexibility index (Phi) is 5.68. The molecular formula is C23H21N5O4. The van der Waals surface area contributed by atoms with Crippen LogP contribution in [0.1, 0.15) is 22.7 Å². The number of nitrogens with zero attached hydrogens (tertiary/aromatic N) is 2. The number of hydrogen-bond donors (Lipinski definition) is 3. The number of aromatic nitrogens is 2. The number of fused-ring (bicyclic) bond motifs is 1. The zero-order valence-corrected chi connectivity index (χ0v) is 17.5. The number of allylic oxidation sites excluding steroid dienone is 1. The lowest BCUT2D eigenvalue weighted by Gasteiger charge is -2.23. The summed E-state index contributed by atoms with van der Waals surface area (Å²) in [5.41, 5.74) is 9.28. The summed E-state index contributed by atoms with van der Waals surface area (Å²) < 4.78 is 16.2. The summed E-state index contributed by atoms with van der Waals surface area (Å²) in [6.45, 7) is 1.71. The average Bonchev–Trinajstić information content (AvgIpc) is 3.17. The Hall–Kier alpha value is -4.45. The van der Waals surface area contributed by atoms with Crippen LogP contribution in [0.5, 0.6) is 17.4 Å². The smallest absolute Gasteiger partial charge is 0.262 e. The number of hydrogen-bond acceptors (Lipinski definition) is 7. The summed E-state index contributed by atoms with van der Waals surface area (Å²) in [6, 6.07) is 16.3. The topological polar surface area (TPSA) is 135 Å². The average molecular weight is 431 g/mol. The summed E-state index contributed by atoms with van der Waals surface area (Å²) in [5, 5.41) is 19.4. The van der Waals surface area contributed by atoms with E-state index in [1.54, 1.807) is 43.5 Å². The maximum Gasteiger partial charge on any atom is 0.262 e. The molecule has 9 nitrogen and oxygen atoms in total. The highest BCUT2D eigenvalue weighted by molar-refractivity contribution is 5.91. The standard InChI is InChI=1S/C23H21N5O4/c1-13-20-21(18(11-24)22(25)32-23(20)28-27-13)14-3-7-17(8-4-14)31-12-19(29)26-15-5-9-16(30-2)10-6-15/h3-10,21H,12,25H2,1-2H3,(H,26,29)(H,27,28)/t21-/m0/s1. The Morgan fingerprint density at radius 2 is 1.91 bits per heavy atom. The highest BCUT2D eigenvalue weighted by Crippen LogP contribution is 2.42. The molecule has 0 aliphatic carbocycles. The van der Waals surface area contributed by atoms with E-state index >= 15 is 0 Å². The molecule has 1 atom stereocenters. The summed E-state index contributed by atoms with van der Waals surface area (Å²) in [6.07, 6.45) is 0. The molecule has 1 aliphatic rings. The van der Waals surface area contributed by atoms with E-state index in [2.05, 4.69) is 21.6 Å². The van der Waals surface area contributed by atoms with Crippen molar-refractivity contribution in [3.63, 3.8) is 0 Å². The van der Waals surface area contributed by atoms with Gasteiger partial charge in [-0.25, -0.2) is 0 Å². The third-order valence-electron chi connectivity index (χ3n) is 5.09. The molecule has 0 spiro atoms. The van der Waals surface area contributed by atoms with Crippen molar-refractivity contribution in [2.75, 3.05) is 19.0 Å². The monoisotopic (exact) mass is 431 g/mol. The van der Waals surface area contributed by atoms with E-state index in [1.807, 2.05) is 19.1 Å². The van der Waals surface area contributed by atoms with Gasteiger partial charge < -0.3 is 25.3 Å². The zero-order chi connectivity index (χ0) is 22.7. The number of nitrogens with two attached hydrogens (primary N) is 1. The number of carbonyl (C=O) groups is 1. The van der Waals surface area contributed by atoms with Crippen molar-refractivity contribution in [3.05, 3.63) is 76.8 Å². The molecule has 0 saturated carbocycles. The quantitative estimate of drug-likeness (QED) is 0.546. The molecule has 0 radical (unpaired) electrons. The lowest BCUT2D eigenvalue weighted by molar-refractivity contribution is -0.118. The largest absolute Gasteiger partial charge is 0.497 e. The predicted octanol–water partition coefficient (Wildman–Crippen LogP) is 2.96. The number of aryl methyl sites for hydroxylation is 1. The minimum absolute atomic E-state index is 0.0343. The molecule has 2 aromatic carbocycles. The van der Waals surface area contributed by atoms with E-state index in [0.29, 0.717) is 28.6 Å². The van der Waals surface area contributed by atoms with E-state index in [4.69, 9.17) is 19.9 Å². The Morgan fingerprint density at radius 3 is 2.56 bits per heavy atom. The van der Waals surface area contributed by atoms with Gasteiger partial charge in [0.05, 0.1) is 13.0 Å². The first-order valence-corrected chi connectivity index (χ1v) is 9.79. The van der Waals surface area contributed by atoms with Gasteiger partial charge in [-0.2, -0.15) is 5.26 Å². The van der Waals surface area contributed by atoms with Gasteiger partial charge in [-0.05, 0) is 48.9 Å². The number of ether oxygens (including phenoxy) is 3. The van der Waals surface area contributed by atoms with Crippen molar-refractivity contribution in [3.8, 4) is 23.4 Å². The maximum atomic E-state index is 12.2. The maximum absolute atomic E-state index is 12.2. The van der Waals surface area contributed by atoms with Crippen molar-refractivity contribution >= 4 is 11.6 Å². The van der Waals surface area contributed by atoms with Crippen molar-refractivity contribution in [1.82, 2.24) is 10.2 Å². The number of nitriles is 1. The Morgan fingerprint density at radius 1 is 1.22 bits per heavy atom. The Bertz CT molecular complexity index is 1210. The van der Waals surface area contributed by atoms with Crippen LogP contribution < -0.4 is 25.3 Å². The second-order valence-electron chi connectivity index (χ2n) is 7.13. The molecule has 4 N–H and O–H groups in total. The predicted molar refractivity (Wildman–Crippen MR) is 116 cm³/mol. The first kappa shape index (κ1) is 20.8. The SMILES string of the molecule is COc1ccc(NC(=O)COc2ccc([C@H]3C(C#N)=C(N)Oc4n[nH]c(C)c43)cc2)cc1. The first-order valence-electron chi connectivity index (χ1n) is 9.79. The number of methoxy groups -OCH3 is 1. The molecule has 1 aromatic heterocycles. The highest BCUT2D eigenvalue weighted by atomic mass is 16.5. The van der Waals surface area contributed by atoms with Crippen LogP contribution in [0.15, 0.2) is 60.0 Å². The molecule has 3 aromatic rings. The van der Waals surface area contributed by atoms with Crippen LogP contribution in [0.4, 0.5) is 5.69 Å². The summed E-state index contributed by atoms with van der Waals surface area (Å²) in [4.78, 5) is 12.2. The van der Waals surface area contributed by atoms with Gasteiger partial charge in [0.2, 0.25) is 11.8 Å². The van der Waals surface area contributed by atoms with Crippen LogP contribution in [-0.2, 0) is 4.79 Å². The number of benzene rings is 2. The van der Waals surface area contributed by atoms with E-state index < -0.39 is 5.92 Å². The van der Waals surface area contributed by atoms with Crippen LogP contribution in [0.25, 0.3) is 0 Å². The van der Waals surface area contributed by atoms with E-state index in [-0.39, 0.29) is 18.4 Å². The number of anilines is 1. The number of aromatic amines is 1. The number of nitrogens with one attached hydrogen (secondary N) is 2. The second kappa shape index (κ2) is 8.73. The van der Waals surface area contributed by atoms with Gasteiger partial charge in [-0.1, -0.05) is 12.1 Å². The lowest BCUT2D eigenvalue weighted by atomic mass is 9.84. The molecule has 0 bridgehead atoms. The van der Waals surface area contributed by atoms with Gasteiger partial charge in [0, 0.05) is 16.9 Å². The van der Waals surface area contributed by atoms with E-state index in [9.17, 15) is 10.1 Å². The van der Waals surface area contributed by atoms with Crippen molar-refractivity contribution in [1.29, 1.82) is 5.26 Å². The molecule has 2 heterocycles. The molecule has 0 saturated heterocycles. The molecule has 32 heavy (non-hydrogen) atoms. The molecule has 9 heteroatoms. The second-order valence-corrected chi connectivity index (χ2v) is 7.13. The highest BCUT2D eigenvalue weighted by Gasteiger charge is 2.34. The molecular weight excluding hydrogens is 410 g/mol. The minimum Gasteiger partial charge on any atom is -0.497 e. The van der Waals surface area contributed by atoms with Crippen LogP contribution in [-0.4, -0.2) is 29.8 Å². The number of carbonyl (C=O) groups excluding carboxylic acids is 1. The number of rotatable bonds is 6. The van der Waals surface area contributed by atoms with Crippen LogP contribution in [0.3, 0.4) is 0 Å². The van der Waals surface area contributed by atoms with Gasteiger partial charge in [0.15, 0.2) is 6.61 Å². The summed E-state index contributed by atoms with van der Waals surface area (Å²) in [7, 11) is 1.58. The van der Waals surface area contributed by atoms with Gasteiger partial charge in [0.25, 0.3) is 5.91 Å². The van der Waals surface area contributed by atoms with Crippen molar-refractivity contribution in [2.45, 2.75) is 12.8 Å². The lowest BCUT2D eigenvalue weighted by Crippen LogP contribution is -2.21. The molecule has 0 fully saturated rings. The van der Waals surface area contributed by atoms with Gasteiger partial charge in [-0.3, -0.25) is 9.89 Å². The normalized spacial score (nSPS) is 14.7. The molecule has 162 valence electrons. The number of H-pyrrole nitrogens is 1. The van der Waals surface area contributed by atoms with E-state index in [1.165, 1.54) is 0 Å². The molecule has 1 amide bonds. The third-order valence-corrected chi connectivity index (χ3v) is 5.09. The van der Waals surface area contributed by atoms with Crippen LogP contribution in [0.2, 0.25) is 0 Å². The van der Waals surface area contributed by atoms with Gasteiger partial charge in [0.1, 0.15) is 23.1 Å². The van der Waals surface area contributed by atoms with Gasteiger partial charge in [-0.15, -0.1) is 5.10 Å². The summed E-state index contributed by atoms with van der Waals surface area (Å²) >= 11 is 0. The molecule has 0 unspecified atom stereocenters. The fourth-order valence-electron chi connectivity index (χ4n) is 3.51. The molecule has 4 rings (SSSR count). The third kappa shape index (κ3) is 4.06. The molecule has 1 aliphatic heterocycles. The minimum atomic E-state index is -0.407. The van der Waals surface area contributed by atoms with Gasteiger partial charge >= 0.3 is 0 Å².